The Kier molecular flexibility index (Phi) is 4.57. The molecule has 2 aromatic rings. The van der Waals surface area contributed by atoms with Crippen molar-refractivity contribution in [3.05, 3.63) is 63.6 Å². The summed E-state index contributed by atoms with van der Waals surface area (Å²) in [4.78, 5) is 12.2. The summed E-state index contributed by atoms with van der Waals surface area (Å²) in [5.41, 5.74) is 9.69. The summed E-state index contributed by atoms with van der Waals surface area (Å²) < 4.78 is 1.06. The second-order valence-corrected chi connectivity index (χ2v) is 5.59. The van der Waals surface area contributed by atoms with Crippen molar-refractivity contribution in [3.8, 4) is 0 Å². The second-order valence-electron chi connectivity index (χ2n) is 4.80. The van der Waals surface area contributed by atoms with Crippen molar-refractivity contribution >= 4 is 27.5 Å². The van der Waals surface area contributed by atoms with Crippen LogP contribution in [0.15, 0.2) is 46.9 Å². The molecule has 4 heteroatoms. The molecule has 0 aliphatic rings. The van der Waals surface area contributed by atoms with Crippen LogP contribution in [-0.2, 0) is 4.79 Å². The first kappa shape index (κ1) is 14.8. The highest BCUT2D eigenvalue weighted by Crippen LogP contribution is 2.25. The van der Waals surface area contributed by atoms with Crippen molar-refractivity contribution in [3.63, 3.8) is 0 Å². The van der Waals surface area contributed by atoms with Gasteiger partial charge in [-0.1, -0.05) is 46.3 Å². The fourth-order valence-electron chi connectivity index (χ4n) is 2.05. The van der Waals surface area contributed by atoms with Crippen LogP contribution in [0.4, 0.5) is 5.69 Å². The monoisotopic (exact) mass is 332 g/mol. The number of hydrogen-bond donors (Lipinski definition) is 2. The molecule has 0 bridgehead atoms. The van der Waals surface area contributed by atoms with E-state index in [4.69, 9.17) is 5.73 Å². The van der Waals surface area contributed by atoms with Gasteiger partial charge in [0.25, 0.3) is 0 Å². The van der Waals surface area contributed by atoms with Gasteiger partial charge in [-0.25, -0.2) is 0 Å². The third-order valence-corrected chi connectivity index (χ3v) is 4.40. The topological polar surface area (TPSA) is 55.1 Å². The Morgan fingerprint density at radius 2 is 1.70 bits per heavy atom. The average molecular weight is 333 g/mol. The third-order valence-electron chi connectivity index (χ3n) is 3.15. The molecule has 2 rings (SSSR count). The van der Waals surface area contributed by atoms with Crippen molar-refractivity contribution in [1.29, 1.82) is 0 Å². The Hall–Kier alpha value is -1.65. The van der Waals surface area contributed by atoms with Crippen LogP contribution in [-0.4, -0.2) is 5.91 Å². The zero-order valence-electron chi connectivity index (χ0n) is 11.5. The van der Waals surface area contributed by atoms with Crippen molar-refractivity contribution in [2.24, 2.45) is 5.73 Å². The molecule has 2 aromatic carbocycles. The van der Waals surface area contributed by atoms with Crippen LogP contribution >= 0.6 is 15.9 Å². The SMILES string of the molecule is Cc1cc(NC(=O)C(N)c2ccccc2)cc(C)c1Br. The highest BCUT2D eigenvalue weighted by atomic mass is 79.9. The molecule has 20 heavy (non-hydrogen) atoms. The predicted molar refractivity (Wildman–Crippen MR) is 85.6 cm³/mol. The van der Waals surface area contributed by atoms with E-state index in [2.05, 4.69) is 21.2 Å². The maximum absolute atomic E-state index is 12.2. The minimum absolute atomic E-state index is 0.211. The number of nitrogens with one attached hydrogen (secondary N) is 1. The summed E-state index contributed by atoms with van der Waals surface area (Å²) in [6.45, 7) is 3.98. The largest absolute Gasteiger partial charge is 0.324 e. The predicted octanol–water partition coefficient (Wildman–Crippen LogP) is 3.70. The van der Waals surface area contributed by atoms with E-state index >= 15 is 0 Å². The lowest BCUT2D eigenvalue weighted by Gasteiger charge is -2.14. The fraction of sp³-hybridized carbons (Fsp3) is 0.188. The Balaban J connectivity index is 2.16. The zero-order chi connectivity index (χ0) is 14.7. The molecule has 0 saturated carbocycles. The summed E-state index contributed by atoms with van der Waals surface area (Å²) in [7, 11) is 0. The second kappa shape index (κ2) is 6.20. The van der Waals surface area contributed by atoms with E-state index in [1.807, 2.05) is 56.3 Å². The van der Waals surface area contributed by atoms with E-state index in [1.54, 1.807) is 0 Å². The first-order valence-electron chi connectivity index (χ1n) is 6.37. The van der Waals surface area contributed by atoms with Gasteiger partial charge < -0.3 is 11.1 Å². The normalized spacial score (nSPS) is 12.0. The van der Waals surface area contributed by atoms with Crippen LogP contribution in [0.1, 0.15) is 22.7 Å². The Morgan fingerprint density at radius 3 is 2.25 bits per heavy atom. The molecule has 1 amide bonds. The molecule has 3 nitrogen and oxygen atoms in total. The molecule has 1 atom stereocenters. The lowest BCUT2D eigenvalue weighted by atomic mass is 10.1. The summed E-state index contributed by atoms with van der Waals surface area (Å²) >= 11 is 3.51. The standard InChI is InChI=1S/C16H17BrN2O/c1-10-8-13(9-11(2)14(10)17)19-16(20)15(18)12-6-4-3-5-7-12/h3-9,15H,18H2,1-2H3,(H,19,20). The van der Waals surface area contributed by atoms with Gasteiger partial charge in [-0.3, -0.25) is 4.79 Å². The molecule has 0 radical (unpaired) electrons. The molecular weight excluding hydrogens is 316 g/mol. The van der Waals surface area contributed by atoms with Crippen LogP contribution in [0.2, 0.25) is 0 Å². The number of carbonyl (C=O) groups excluding carboxylic acids is 1. The Morgan fingerprint density at radius 1 is 1.15 bits per heavy atom. The number of anilines is 1. The Bertz CT molecular complexity index is 603. The summed E-state index contributed by atoms with van der Waals surface area (Å²) in [6.07, 6.45) is 0. The lowest BCUT2D eigenvalue weighted by molar-refractivity contribution is -0.117. The summed E-state index contributed by atoms with van der Waals surface area (Å²) in [6, 6.07) is 12.5. The van der Waals surface area contributed by atoms with Crippen molar-refractivity contribution in [1.82, 2.24) is 0 Å². The molecule has 0 aliphatic carbocycles. The molecule has 0 saturated heterocycles. The number of carbonyl (C=O) groups is 1. The van der Waals surface area contributed by atoms with E-state index in [-0.39, 0.29) is 5.91 Å². The number of nitrogens with two attached hydrogens (primary N) is 1. The van der Waals surface area contributed by atoms with Gasteiger partial charge >= 0.3 is 0 Å². The molecule has 1 unspecified atom stereocenters. The maximum atomic E-state index is 12.2. The highest BCUT2D eigenvalue weighted by molar-refractivity contribution is 9.10. The molecular formula is C16H17BrN2O. The molecule has 0 aromatic heterocycles. The van der Waals surface area contributed by atoms with Crippen molar-refractivity contribution in [2.45, 2.75) is 19.9 Å². The molecule has 104 valence electrons. The number of halogens is 1. The van der Waals surface area contributed by atoms with Gasteiger partial charge in [-0.2, -0.15) is 0 Å². The van der Waals surface area contributed by atoms with Crippen LogP contribution in [0.5, 0.6) is 0 Å². The highest BCUT2D eigenvalue weighted by Gasteiger charge is 2.16. The number of rotatable bonds is 3. The van der Waals surface area contributed by atoms with Crippen LogP contribution < -0.4 is 11.1 Å². The van der Waals surface area contributed by atoms with E-state index < -0.39 is 6.04 Å². The van der Waals surface area contributed by atoms with Crippen LogP contribution in [0.3, 0.4) is 0 Å². The van der Waals surface area contributed by atoms with Gasteiger partial charge in [-0.05, 0) is 42.7 Å². The number of hydrogen-bond acceptors (Lipinski definition) is 2. The quantitative estimate of drug-likeness (QED) is 0.900. The van der Waals surface area contributed by atoms with Gasteiger partial charge in [0.15, 0.2) is 0 Å². The Labute approximate surface area is 127 Å². The smallest absolute Gasteiger partial charge is 0.245 e. The summed E-state index contributed by atoms with van der Waals surface area (Å²) in [5, 5.41) is 2.86. The van der Waals surface area contributed by atoms with Gasteiger partial charge in [0.2, 0.25) is 5.91 Å². The molecule has 0 fully saturated rings. The number of benzene rings is 2. The average Bonchev–Trinajstić information content (AvgIpc) is 2.44. The zero-order valence-corrected chi connectivity index (χ0v) is 13.1. The summed E-state index contributed by atoms with van der Waals surface area (Å²) in [5.74, 6) is -0.211. The first-order chi connectivity index (χ1) is 9.49. The molecule has 0 spiro atoms. The van der Waals surface area contributed by atoms with Crippen molar-refractivity contribution < 1.29 is 4.79 Å². The van der Waals surface area contributed by atoms with E-state index in [1.165, 1.54) is 0 Å². The maximum Gasteiger partial charge on any atom is 0.245 e. The van der Waals surface area contributed by atoms with E-state index in [0.717, 1.165) is 26.9 Å². The molecule has 3 N–H and O–H groups in total. The van der Waals surface area contributed by atoms with Gasteiger partial charge in [0, 0.05) is 10.2 Å². The lowest BCUT2D eigenvalue weighted by Crippen LogP contribution is -2.27. The minimum Gasteiger partial charge on any atom is -0.324 e. The van der Waals surface area contributed by atoms with E-state index in [0.29, 0.717) is 0 Å². The van der Waals surface area contributed by atoms with Crippen molar-refractivity contribution in [2.75, 3.05) is 5.32 Å². The van der Waals surface area contributed by atoms with Crippen LogP contribution in [0.25, 0.3) is 0 Å². The minimum atomic E-state index is -0.666. The molecule has 0 heterocycles. The fourth-order valence-corrected chi connectivity index (χ4v) is 2.28. The number of amides is 1. The molecule has 0 aliphatic heterocycles. The van der Waals surface area contributed by atoms with Gasteiger partial charge in [-0.15, -0.1) is 0 Å². The van der Waals surface area contributed by atoms with E-state index in [9.17, 15) is 4.79 Å². The third kappa shape index (κ3) is 3.26. The first-order valence-corrected chi connectivity index (χ1v) is 7.16. The number of aryl methyl sites for hydroxylation is 2. The van der Waals surface area contributed by atoms with Gasteiger partial charge in [0.1, 0.15) is 6.04 Å². The van der Waals surface area contributed by atoms with Gasteiger partial charge in [0.05, 0.1) is 0 Å². The van der Waals surface area contributed by atoms with Crippen LogP contribution in [0, 0.1) is 13.8 Å².